The fourth-order valence-electron chi connectivity index (χ4n) is 6.84. The van der Waals surface area contributed by atoms with E-state index in [4.69, 9.17) is 0 Å². The zero-order chi connectivity index (χ0) is 39.4. The Kier molecular flexibility index (Phi) is 8.02. The van der Waals surface area contributed by atoms with Crippen molar-refractivity contribution in [1.29, 1.82) is 0 Å². The summed E-state index contributed by atoms with van der Waals surface area (Å²) in [6.07, 6.45) is -20.5. The molecule has 54 heavy (non-hydrogen) atoms. The maximum atomic E-state index is 14.7. The molecule has 0 saturated heterocycles. The number of hydrogen-bond acceptors (Lipinski definition) is 2. The first-order valence-corrected chi connectivity index (χ1v) is 15.6. The van der Waals surface area contributed by atoms with Crippen LogP contribution in [0.15, 0.2) is 94.5 Å². The fourth-order valence-corrected chi connectivity index (χ4v) is 6.84. The minimum Gasteiger partial charge on any atom is -0.309 e. The van der Waals surface area contributed by atoms with Crippen LogP contribution in [0, 0.1) is 13.8 Å². The highest BCUT2D eigenvalue weighted by atomic mass is 19.4. The molecule has 0 amide bonds. The Morgan fingerprint density at radius 2 is 0.852 bits per heavy atom. The molecule has 2 heterocycles. The van der Waals surface area contributed by atoms with Crippen LogP contribution in [0.25, 0.3) is 55.0 Å². The molecule has 0 fully saturated rings. The molecule has 0 unspecified atom stereocenters. The monoisotopic (exact) mass is 764 g/mol. The largest absolute Gasteiger partial charge is 0.418 e. The van der Waals surface area contributed by atoms with Gasteiger partial charge in [-0.1, -0.05) is 6.07 Å². The summed E-state index contributed by atoms with van der Waals surface area (Å²) in [6, 6.07) is 11.4. The van der Waals surface area contributed by atoms with E-state index in [1.807, 2.05) is 0 Å². The summed E-state index contributed by atoms with van der Waals surface area (Å²) < 4.78 is 170. The van der Waals surface area contributed by atoms with E-state index in [0.717, 1.165) is 48.5 Å². The van der Waals surface area contributed by atoms with Crippen LogP contribution in [-0.4, -0.2) is 9.13 Å². The molecule has 16 heteroatoms. The highest BCUT2D eigenvalue weighted by Gasteiger charge is 2.40. The number of halogens is 12. The van der Waals surface area contributed by atoms with Gasteiger partial charge in [0.25, 0.3) is 0 Å². The molecule has 2 aromatic heterocycles. The smallest absolute Gasteiger partial charge is 0.309 e. The average molecular weight is 765 g/mol. The number of nitrogens with zero attached hydrogens (tertiary/aromatic N) is 2. The maximum Gasteiger partial charge on any atom is 0.418 e. The predicted octanol–water partition coefficient (Wildman–Crippen LogP) is 11.3. The third kappa shape index (κ3) is 5.93. The van der Waals surface area contributed by atoms with Gasteiger partial charge in [0, 0.05) is 32.9 Å². The molecule has 0 atom stereocenters. The van der Waals surface area contributed by atoms with Crippen molar-refractivity contribution in [2.45, 2.75) is 38.6 Å². The first kappa shape index (κ1) is 36.6. The molecular weight excluding hydrogens is 744 g/mol. The summed E-state index contributed by atoms with van der Waals surface area (Å²) in [7, 11) is 0. The van der Waals surface area contributed by atoms with E-state index < -0.39 is 85.3 Å². The Morgan fingerprint density at radius 3 is 1.28 bits per heavy atom. The molecule has 0 radical (unpaired) electrons. The highest BCUT2D eigenvalue weighted by molar-refractivity contribution is 6.06. The van der Waals surface area contributed by atoms with Gasteiger partial charge in [-0.3, -0.25) is 9.59 Å². The topological polar surface area (TPSA) is 44.0 Å². The number of hydrogen-bond donors (Lipinski definition) is 0. The van der Waals surface area contributed by atoms with Gasteiger partial charge in [-0.15, -0.1) is 0 Å². The van der Waals surface area contributed by atoms with Crippen LogP contribution in [0.4, 0.5) is 52.7 Å². The van der Waals surface area contributed by atoms with E-state index in [9.17, 15) is 62.3 Å². The number of aryl methyl sites for hydroxylation is 2. The minimum absolute atomic E-state index is 0.0295. The Labute approximate surface area is 294 Å². The number of aromatic nitrogens is 2. The molecule has 5 aromatic carbocycles. The first-order valence-electron chi connectivity index (χ1n) is 15.6. The van der Waals surface area contributed by atoms with Crippen molar-refractivity contribution in [1.82, 2.24) is 9.13 Å². The molecule has 4 nitrogen and oxygen atoms in total. The third-order valence-electron chi connectivity index (χ3n) is 9.11. The molecule has 0 N–H and O–H groups in total. The summed E-state index contributed by atoms with van der Waals surface area (Å²) in [5.41, 5.74) is -9.01. The molecular formula is C38H20F12N2O2. The van der Waals surface area contributed by atoms with Crippen molar-refractivity contribution in [3.63, 3.8) is 0 Å². The third-order valence-corrected chi connectivity index (χ3v) is 9.11. The van der Waals surface area contributed by atoms with E-state index in [0.29, 0.717) is 27.8 Å². The van der Waals surface area contributed by atoms with E-state index in [-0.39, 0.29) is 39.6 Å². The van der Waals surface area contributed by atoms with E-state index in [1.54, 1.807) is 19.9 Å². The SMILES string of the molecule is Cc1cc(C)c2c(c1)c(=O)c1cc3c(=O)c4cc(C(F)(F)F)cc(C(F)(F)F)c4n(-c4ccc(C(F)(F)F)cc4)c3cc1n2-c1ccc(C(F)(F)F)cc1. The minimum atomic E-state index is -5.54. The van der Waals surface area contributed by atoms with Gasteiger partial charge in [0.05, 0.1) is 44.3 Å². The number of fused-ring (bicyclic) bond motifs is 4. The Bertz CT molecular complexity index is 2810. The summed E-state index contributed by atoms with van der Waals surface area (Å²) in [6.45, 7) is 3.26. The van der Waals surface area contributed by atoms with Gasteiger partial charge in [-0.25, -0.2) is 0 Å². The van der Waals surface area contributed by atoms with Gasteiger partial charge in [0.1, 0.15) is 0 Å². The molecule has 278 valence electrons. The fraction of sp³-hybridized carbons (Fsp3) is 0.158. The van der Waals surface area contributed by atoms with Crippen molar-refractivity contribution in [3.05, 3.63) is 139 Å². The number of pyridine rings is 2. The second-order valence-electron chi connectivity index (χ2n) is 12.7. The predicted molar refractivity (Wildman–Crippen MR) is 177 cm³/mol. The lowest BCUT2D eigenvalue weighted by molar-refractivity contribution is -0.142. The van der Waals surface area contributed by atoms with E-state index in [2.05, 4.69) is 0 Å². The van der Waals surface area contributed by atoms with Gasteiger partial charge >= 0.3 is 24.7 Å². The van der Waals surface area contributed by atoms with Crippen LogP contribution in [0.3, 0.4) is 0 Å². The van der Waals surface area contributed by atoms with Crippen LogP contribution < -0.4 is 10.9 Å². The zero-order valence-electron chi connectivity index (χ0n) is 27.3. The standard InChI is InChI=1S/C38H20F12N2O2/c1-17-11-18(2)31-26(12-17)33(53)24-15-25-30(16-29(24)51(31)22-7-3-19(4-8-22)35(39,40)41)52(23-9-5-20(6-10-23)36(42,43)44)32-27(34(25)54)13-21(37(45,46)47)14-28(32)38(48,49)50/h3-16H,1-2H3. The summed E-state index contributed by atoms with van der Waals surface area (Å²) in [4.78, 5) is 28.3. The van der Waals surface area contributed by atoms with Gasteiger partial charge in [-0.2, -0.15) is 52.7 Å². The Morgan fingerprint density at radius 1 is 0.426 bits per heavy atom. The molecule has 0 bridgehead atoms. The highest BCUT2D eigenvalue weighted by Crippen LogP contribution is 2.42. The lowest BCUT2D eigenvalue weighted by Crippen LogP contribution is -2.19. The lowest BCUT2D eigenvalue weighted by Gasteiger charge is -2.23. The van der Waals surface area contributed by atoms with Crippen LogP contribution in [0.1, 0.15) is 33.4 Å². The number of alkyl halides is 12. The second-order valence-corrected chi connectivity index (χ2v) is 12.7. The van der Waals surface area contributed by atoms with Gasteiger partial charge in [0.2, 0.25) is 0 Å². The molecule has 7 rings (SSSR count). The molecule has 7 aromatic rings. The van der Waals surface area contributed by atoms with Crippen LogP contribution >= 0.6 is 0 Å². The van der Waals surface area contributed by atoms with Crippen LogP contribution in [0.5, 0.6) is 0 Å². The van der Waals surface area contributed by atoms with Crippen molar-refractivity contribution in [2.24, 2.45) is 0 Å². The van der Waals surface area contributed by atoms with Gasteiger partial charge in [-0.05, 0) is 104 Å². The molecule has 0 aliphatic carbocycles. The van der Waals surface area contributed by atoms with Crippen molar-refractivity contribution in [3.8, 4) is 11.4 Å². The van der Waals surface area contributed by atoms with Crippen LogP contribution in [0.2, 0.25) is 0 Å². The zero-order valence-corrected chi connectivity index (χ0v) is 27.3. The van der Waals surface area contributed by atoms with Gasteiger partial charge < -0.3 is 9.13 Å². The van der Waals surface area contributed by atoms with Crippen molar-refractivity contribution in [2.75, 3.05) is 0 Å². The second kappa shape index (κ2) is 11.9. The molecule has 0 aliphatic rings. The summed E-state index contributed by atoms with van der Waals surface area (Å²) in [5.74, 6) is 0. The molecule has 0 aliphatic heterocycles. The van der Waals surface area contributed by atoms with Crippen LogP contribution in [-0.2, 0) is 24.7 Å². The first-order chi connectivity index (χ1) is 25.0. The quantitative estimate of drug-likeness (QED) is 0.130. The molecule has 0 saturated carbocycles. The van der Waals surface area contributed by atoms with Crippen molar-refractivity contribution >= 4 is 43.6 Å². The number of rotatable bonds is 2. The summed E-state index contributed by atoms with van der Waals surface area (Å²) >= 11 is 0. The molecule has 0 spiro atoms. The summed E-state index contributed by atoms with van der Waals surface area (Å²) in [5, 5.41) is -1.92. The number of benzene rings is 5. The normalized spacial score (nSPS) is 13.1. The van der Waals surface area contributed by atoms with Crippen molar-refractivity contribution < 1.29 is 52.7 Å². The lowest BCUT2D eigenvalue weighted by atomic mass is 9.98. The maximum absolute atomic E-state index is 14.7. The van der Waals surface area contributed by atoms with Gasteiger partial charge in [0.15, 0.2) is 10.9 Å². The van der Waals surface area contributed by atoms with E-state index >= 15 is 0 Å². The Hall–Kier alpha value is -5.80. The van der Waals surface area contributed by atoms with E-state index in [1.165, 1.54) is 10.6 Å². The Balaban J connectivity index is 1.76. The average Bonchev–Trinajstić information content (AvgIpc) is 3.07.